The van der Waals surface area contributed by atoms with E-state index in [0.29, 0.717) is 40.3 Å². The molecule has 0 amide bonds. The van der Waals surface area contributed by atoms with Crippen molar-refractivity contribution in [2.45, 2.75) is 310 Å². The molecule has 10 rings (SSSR count). The zero-order valence-corrected chi connectivity index (χ0v) is 75.0. The van der Waals surface area contributed by atoms with E-state index in [1.165, 1.54) is 152 Å². The topological polar surface area (TPSA) is 67.3 Å². The molecular weight excluding hydrogens is 1470 g/mol. The number of piperidine rings is 4. The number of sulfone groups is 1. The first-order chi connectivity index (χ1) is 53.2. The molecule has 1 spiro atoms. The van der Waals surface area contributed by atoms with Crippen molar-refractivity contribution in [2.75, 3.05) is 65.2 Å². The fraction of sp³-hybridized carbons (Fsp3) is 0.616. The van der Waals surface area contributed by atoms with Crippen LogP contribution in [0.3, 0.4) is 0 Å². The van der Waals surface area contributed by atoms with Crippen LogP contribution < -0.4 is 0 Å². The maximum atomic E-state index is 12.9. The first-order valence-corrected chi connectivity index (χ1v) is 45.1. The number of rotatable bonds is 24. The van der Waals surface area contributed by atoms with Crippen molar-refractivity contribution in [1.82, 2.24) is 19.6 Å². The second kappa shape index (κ2) is 42.1. The minimum atomic E-state index is -4.30. The Morgan fingerprint density at radius 3 is 1.04 bits per heavy atom. The molecule has 1 saturated carbocycles. The van der Waals surface area contributed by atoms with Gasteiger partial charge >= 0.3 is 12.4 Å². The summed E-state index contributed by atoms with van der Waals surface area (Å²) in [6.07, 6.45) is 22.6. The molecular formula is C99H145ClF6N4O3S. The lowest BCUT2D eigenvalue weighted by Crippen LogP contribution is -2.47. The lowest BCUT2D eigenvalue weighted by Gasteiger charge is -2.47. The third kappa shape index (κ3) is 29.6. The molecule has 4 unspecified atom stereocenters. The van der Waals surface area contributed by atoms with Gasteiger partial charge in [0.2, 0.25) is 0 Å². The van der Waals surface area contributed by atoms with Gasteiger partial charge in [-0.25, -0.2) is 8.42 Å². The van der Waals surface area contributed by atoms with E-state index in [2.05, 4.69) is 212 Å². The second-order valence-corrected chi connectivity index (χ2v) is 41.1. The van der Waals surface area contributed by atoms with Gasteiger partial charge in [-0.2, -0.15) is 26.3 Å². The predicted molar refractivity (Wildman–Crippen MR) is 469 cm³/mol. The first-order valence-electron chi connectivity index (χ1n) is 42.8. The zero-order chi connectivity index (χ0) is 84.4. The summed E-state index contributed by atoms with van der Waals surface area (Å²) >= 11 is 6.11. The number of likely N-dealkylation sites (tertiary alicyclic amines) is 4. The SMILES string of the molecule is CC(C)=CC(CC(C)(C)c1ccc(C(F)(F)F)cc1)N1CCC(CO)CC1.CC(C)=CC(CC(C)(C)c1ccc(C(F)(F)F)cc1)N1CCC2(CCCCC2)CC1.CC(C)=CC(CC(C)(C)c1ccc(C)cc1)N1CCC(C(C)C)CC1.CC(C)=CC(CC(C)(C)c1ccc(Cl)cc1)N1CCC(c2ccc(S(C)(=O)=O)cc2)CC1. The Labute approximate surface area is 692 Å². The van der Waals surface area contributed by atoms with Crippen molar-refractivity contribution in [3.63, 3.8) is 0 Å². The van der Waals surface area contributed by atoms with E-state index < -0.39 is 33.3 Å². The van der Waals surface area contributed by atoms with Crippen LogP contribution in [0.25, 0.3) is 0 Å². The number of aryl methyl sites for hydroxylation is 1. The number of nitrogens with zero attached hydrogens (tertiary/aromatic N) is 4. The lowest BCUT2D eigenvalue weighted by molar-refractivity contribution is -0.138. The van der Waals surface area contributed by atoms with Gasteiger partial charge in [0.1, 0.15) is 0 Å². The first kappa shape index (κ1) is 95.8. The lowest BCUT2D eigenvalue weighted by atomic mass is 9.67. The van der Waals surface area contributed by atoms with Gasteiger partial charge in [-0.1, -0.05) is 225 Å². The molecule has 0 radical (unpaired) electrons. The molecule has 634 valence electrons. The van der Waals surface area contributed by atoms with E-state index in [4.69, 9.17) is 11.6 Å². The normalized spacial score (nSPS) is 18.9. The number of hydrogen-bond donors (Lipinski definition) is 1. The van der Waals surface area contributed by atoms with Crippen molar-refractivity contribution < 1.29 is 39.9 Å². The Morgan fingerprint density at radius 2 is 0.737 bits per heavy atom. The van der Waals surface area contributed by atoms with Gasteiger partial charge in [0.25, 0.3) is 0 Å². The van der Waals surface area contributed by atoms with Gasteiger partial charge < -0.3 is 5.11 Å². The van der Waals surface area contributed by atoms with Crippen molar-refractivity contribution >= 4 is 21.4 Å². The van der Waals surface area contributed by atoms with Crippen molar-refractivity contribution in [2.24, 2.45) is 23.2 Å². The van der Waals surface area contributed by atoms with Gasteiger partial charge in [-0.05, 0) is 332 Å². The summed E-state index contributed by atoms with van der Waals surface area (Å²) < 4.78 is 101. The maximum Gasteiger partial charge on any atom is 0.416 e. The largest absolute Gasteiger partial charge is 0.416 e. The summed E-state index contributed by atoms with van der Waals surface area (Å²) in [6.45, 7) is 51.2. The smallest absolute Gasteiger partial charge is 0.396 e. The Morgan fingerprint density at radius 1 is 0.439 bits per heavy atom. The fourth-order valence-electron chi connectivity index (χ4n) is 18.5. The van der Waals surface area contributed by atoms with Crippen LogP contribution in [0.2, 0.25) is 5.02 Å². The molecule has 15 heteroatoms. The van der Waals surface area contributed by atoms with Crippen LogP contribution in [-0.2, 0) is 43.8 Å². The summed E-state index contributed by atoms with van der Waals surface area (Å²) in [4.78, 5) is 10.8. The number of halogens is 7. The highest BCUT2D eigenvalue weighted by molar-refractivity contribution is 7.90. The number of benzene rings is 5. The molecule has 7 nitrogen and oxygen atoms in total. The second-order valence-electron chi connectivity index (χ2n) is 38.6. The minimum Gasteiger partial charge on any atom is -0.396 e. The number of hydrogen-bond acceptors (Lipinski definition) is 7. The van der Waals surface area contributed by atoms with E-state index in [1.54, 1.807) is 36.4 Å². The molecule has 0 aromatic heterocycles. The highest BCUT2D eigenvalue weighted by atomic mass is 35.5. The van der Waals surface area contributed by atoms with E-state index in [0.717, 1.165) is 112 Å². The number of aliphatic hydroxyl groups excluding tert-OH is 1. The maximum absolute atomic E-state index is 12.9. The summed E-state index contributed by atoms with van der Waals surface area (Å²) in [5.41, 5.74) is 11.8. The zero-order valence-electron chi connectivity index (χ0n) is 73.5. The summed E-state index contributed by atoms with van der Waals surface area (Å²) in [5, 5.41) is 10.1. The minimum absolute atomic E-state index is 0.0412. The quantitative estimate of drug-likeness (QED) is 0.0488. The van der Waals surface area contributed by atoms with Gasteiger partial charge in [0, 0.05) is 42.1 Å². The van der Waals surface area contributed by atoms with E-state index in [-0.39, 0.29) is 34.3 Å². The average molecular weight is 1620 g/mol. The van der Waals surface area contributed by atoms with Crippen molar-refractivity contribution in [3.8, 4) is 0 Å². The highest BCUT2D eigenvalue weighted by Crippen LogP contribution is 2.47. The molecule has 5 fully saturated rings. The molecule has 1 aliphatic carbocycles. The predicted octanol–water partition coefficient (Wildman–Crippen LogP) is 26.2. The molecule has 4 aliphatic heterocycles. The van der Waals surface area contributed by atoms with Gasteiger partial charge in [0.15, 0.2) is 9.84 Å². The van der Waals surface area contributed by atoms with Crippen LogP contribution >= 0.6 is 11.6 Å². The Kier molecular flexibility index (Phi) is 35.4. The monoisotopic (exact) mass is 1620 g/mol. The van der Waals surface area contributed by atoms with Crippen LogP contribution in [0.1, 0.15) is 284 Å². The van der Waals surface area contributed by atoms with Crippen LogP contribution in [0.5, 0.6) is 0 Å². The third-order valence-corrected chi connectivity index (χ3v) is 27.2. The van der Waals surface area contributed by atoms with Gasteiger partial charge in [-0.15, -0.1) is 0 Å². The Hall–Kier alpha value is -5.32. The van der Waals surface area contributed by atoms with Crippen LogP contribution in [0.4, 0.5) is 26.3 Å². The molecule has 1 N–H and O–H groups in total. The highest BCUT2D eigenvalue weighted by Gasteiger charge is 2.41. The van der Waals surface area contributed by atoms with E-state index in [9.17, 15) is 39.9 Å². The number of allylic oxidation sites excluding steroid dienone is 4. The molecule has 5 aromatic rings. The van der Waals surface area contributed by atoms with Gasteiger partial charge in [0.05, 0.1) is 16.0 Å². The molecule has 5 aromatic carbocycles. The molecule has 0 bridgehead atoms. The summed E-state index contributed by atoms with van der Waals surface area (Å²) in [5.74, 6) is 2.61. The standard InChI is InChI=1S/C27H36ClNO2S.C26H38F3N.C24H39N.C22H32F3NO/c1-20(2)18-25(19-27(3,4)23-8-10-24(28)11-9-23)29-16-14-22(15-17-29)21-6-12-26(13-7-21)32(5,30)31;1-20(2)18-23(30-16-14-25(15-17-30)12-6-5-7-13-25)19-24(3,4)21-8-10-22(11-9-21)26(27,28)29;1-18(2)16-23(25-14-12-21(13-15-25)19(3)4)17-24(6,7)22-10-8-20(5)9-11-22;1-16(2)13-20(26-11-9-17(15-27)10-12-26)14-21(3,4)18-5-7-19(8-6-18)22(23,24)25/h6-13,18,22,25H,14-17,19H2,1-5H3;8-11,18,23H,5-7,12-17,19H2,1-4H3;8-11,16,19,21,23H,12-15,17H2,1-7H3;5-8,13,17,20,27H,9-12,14-15H2,1-4H3. The molecule has 4 saturated heterocycles. The molecule has 4 atom stereocenters. The number of alkyl halides is 6. The van der Waals surface area contributed by atoms with E-state index in [1.807, 2.05) is 24.3 Å². The Bertz CT molecular complexity index is 3950. The summed E-state index contributed by atoms with van der Waals surface area (Å²) in [7, 11) is -3.15. The van der Waals surface area contributed by atoms with E-state index >= 15 is 0 Å². The number of aliphatic hydroxyl groups is 1. The Balaban J connectivity index is 0.000000211. The average Bonchev–Trinajstić information content (AvgIpc) is 0.785. The van der Waals surface area contributed by atoms with Gasteiger partial charge in [-0.3, -0.25) is 19.6 Å². The molecule has 5 aliphatic rings. The third-order valence-electron chi connectivity index (χ3n) is 25.8. The van der Waals surface area contributed by atoms with Crippen molar-refractivity contribution in [1.29, 1.82) is 0 Å². The summed E-state index contributed by atoms with van der Waals surface area (Å²) in [6, 6.07) is 37.7. The molecule has 114 heavy (non-hydrogen) atoms. The van der Waals surface area contributed by atoms with Crippen LogP contribution in [-0.4, -0.2) is 123 Å². The van der Waals surface area contributed by atoms with Crippen LogP contribution in [0.15, 0.2) is 173 Å². The molecule has 4 heterocycles. The van der Waals surface area contributed by atoms with Crippen LogP contribution in [0, 0.1) is 30.1 Å². The van der Waals surface area contributed by atoms with Crippen molar-refractivity contribution in [3.05, 3.63) is 217 Å². The fourth-order valence-corrected chi connectivity index (χ4v) is 19.2.